The van der Waals surface area contributed by atoms with Gasteiger partial charge in [0.25, 0.3) is 20.2 Å². The largest absolute Gasteiger partial charge is 0.297 e. The van der Waals surface area contributed by atoms with Gasteiger partial charge in [0.2, 0.25) is 0 Å². The molecule has 0 bridgehead atoms. The molecular weight excluding hydrogens is 581 g/mol. The molecule has 0 unspecified atom stereocenters. The average Bonchev–Trinajstić information content (AvgIpc) is 2.98. The van der Waals surface area contributed by atoms with Gasteiger partial charge >= 0.3 is 0 Å². The molecule has 0 atom stereocenters. The van der Waals surface area contributed by atoms with Gasteiger partial charge in [-0.2, -0.15) is 16.8 Å². The van der Waals surface area contributed by atoms with E-state index in [9.17, 15) is 16.8 Å². The normalized spacial score (nSPS) is 12.7. The molecule has 4 rings (SSSR count). The van der Waals surface area contributed by atoms with Crippen LogP contribution in [0.3, 0.4) is 0 Å². The molecule has 0 aromatic heterocycles. The van der Waals surface area contributed by atoms with Crippen molar-refractivity contribution in [2.75, 3.05) is 13.2 Å². The van der Waals surface area contributed by atoms with Crippen molar-refractivity contribution < 1.29 is 25.2 Å². The van der Waals surface area contributed by atoms with E-state index >= 15 is 0 Å². The lowest BCUT2D eigenvalue weighted by molar-refractivity contribution is 0.356. The van der Waals surface area contributed by atoms with Crippen molar-refractivity contribution in [3.05, 3.63) is 143 Å². The molecule has 0 saturated heterocycles. The molecule has 0 aliphatic carbocycles. The maximum atomic E-state index is 12.3. The van der Waals surface area contributed by atoms with Gasteiger partial charge in [0.15, 0.2) is 0 Å². The van der Waals surface area contributed by atoms with Crippen LogP contribution in [-0.4, -0.2) is 30.0 Å². The van der Waals surface area contributed by atoms with Crippen LogP contribution in [0, 0.1) is 13.8 Å². The van der Waals surface area contributed by atoms with E-state index in [0.717, 1.165) is 33.4 Å². The third-order valence-electron chi connectivity index (χ3n) is 7.14. The molecule has 0 fully saturated rings. The Balaban J connectivity index is 1.31. The summed E-state index contributed by atoms with van der Waals surface area (Å²) in [5.41, 5.74) is 5.81. The zero-order valence-corrected chi connectivity index (χ0v) is 26.4. The molecule has 0 heterocycles. The minimum atomic E-state index is -3.80. The van der Waals surface area contributed by atoms with Crippen LogP contribution in [0.4, 0.5) is 0 Å². The summed E-state index contributed by atoms with van der Waals surface area (Å²) in [4.78, 5) is 0.279. The minimum absolute atomic E-state index is 0.0566. The topological polar surface area (TPSA) is 86.7 Å². The first-order valence-electron chi connectivity index (χ1n) is 13.8. The summed E-state index contributed by atoms with van der Waals surface area (Å²) in [6, 6.07) is 29.3. The second-order valence-electron chi connectivity index (χ2n) is 10.8. The van der Waals surface area contributed by atoms with Crippen molar-refractivity contribution in [2.45, 2.75) is 42.9 Å². The van der Waals surface area contributed by atoms with Crippen LogP contribution in [0.15, 0.2) is 119 Å². The summed E-state index contributed by atoms with van der Waals surface area (Å²) < 4.78 is 59.6. The van der Waals surface area contributed by atoms with E-state index in [0.29, 0.717) is 0 Å². The Bertz CT molecular complexity index is 1650. The van der Waals surface area contributed by atoms with Gasteiger partial charge in [0.05, 0.1) is 23.0 Å². The number of rotatable bonds is 12. The van der Waals surface area contributed by atoms with E-state index in [1.807, 2.05) is 50.3 Å². The predicted octanol–water partition coefficient (Wildman–Crippen LogP) is 7.47. The van der Waals surface area contributed by atoms with Crippen LogP contribution in [0.2, 0.25) is 0 Å². The van der Waals surface area contributed by atoms with Gasteiger partial charge in [-0.05, 0) is 60.4 Å². The Morgan fingerprint density at radius 2 is 0.860 bits per heavy atom. The third-order valence-corrected chi connectivity index (χ3v) is 9.74. The standard InChI is InChI=1S/C35H36O6S2/c1-27-9-21-33(22-10-27)42(36,37)40-25-5-7-29-13-17-31(18-14-29)35(3,4)32-19-15-30(16-20-32)8-6-26-41-43(38,39)34-23-11-28(2)12-24-34/h5-24H,25-26H2,1-4H3. The molecule has 0 aliphatic heterocycles. The van der Waals surface area contributed by atoms with Crippen molar-refractivity contribution in [1.82, 2.24) is 0 Å². The van der Waals surface area contributed by atoms with Crippen molar-refractivity contribution in [3.63, 3.8) is 0 Å². The molecule has 0 spiro atoms. The lowest BCUT2D eigenvalue weighted by Crippen LogP contribution is -2.18. The van der Waals surface area contributed by atoms with Gasteiger partial charge in [-0.3, -0.25) is 8.37 Å². The molecule has 8 heteroatoms. The quantitative estimate of drug-likeness (QED) is 0.154. The Hall–Kier alpha value is -3.82. The third kappa shape index (κ3) is 8.61. The lowest BCUT2D eigenvalue weighted by atomic mass is 9.78. The molecule has 4 aromatic rings. The van der Waals surface area contributed by atoms with Crippen molar-refractivity contribution in [2.24, 2.45) is 0 Å². The number of hydrogen-bond donors (Lipinski definition) is 0. The zero-order valence-electron chi connectivity index (χ0n) is 24.7. The summed E-state index contributed by atoms with van der Waals surface area (Å²) in [6.45, 7) is 7.97. The first-order valence-corrected chi connectivity index (χ1v) is 16.6. The van der Waals surface area contributed by atoms with Gasteiger partial charge < -0.3 is 0 Å². The smallest absolute Gasteiger partial charge is 0.262 e. The maximum absolute atomic E-state index is 12.3. The Labute approximate surface area is 255 Å². The van der Waals surface area contributed by atoms with Crippen LogP contribution >= 0.6 is 0 Å². The van der Waals surface area contributed by atoms with Crippen LogP contribution < -0.4 is 0 Å². The van der Waals surface area contributed by atoms with Crippen LogP contribution in [0.5, 0.6) is 0 Å². The minimum Gasteiger partial charge on any atom is -0.262 e. The fraction of sp³-hybridized carbons (Fsp3) is 0.200. The maximum Gasteiger partial charge on any atom is 0.297 e. The molecule has 0 radical (unpaired) electrons. The molecule has 0 saturated carbocycles. The summed E-state index contributed by atoms with van der Waals surface area (Å²) in [5.74, 6) is 0. The van der Waals surface area contributed by atoms with E-state index < -0.39 is 20.2 Å². The number of benzene rings is 4. The average molecular weight is 617 g/mol. The summed E-state index contributed by atoms with van der Waals surface area (Å²) in [5, 5.41) is 0. The van der Waals surface area contributed by atoms with Gasteiger partial charge in [0.1, 0.15) is 0 Å². The molecule has 4 aromatic carbocycles. The number of hydrogen-bond acceptors (Lipinski definition) is 6. The van der Waals surface area contributed by atoms with E-state index in [1.54, 1.807) is 36.4 Å². The highest BCUT2D eigenvalue weighted by Gasteiger charge is 2.23. The first-order chi connectivity index (χ1) is 20.4. The van der Waals surface area contributed by atoms with Gasteiger partial charge in [0, 0.05) is 5.41 Å². The highest BCUT2D eigenvalue weighted by molar-refractivity contribution is 7.87. The first kappa shape index (κ1) is 32.1. The lowest BCUT2D eigenvalue weighted by Gasteiger charge is -2.26. The summed E-state index contributed by atoms with van der Waals surface area (Å²) in [6.07, 6.45) is 7.03. The molecule has 6 nitrogen and oxygen atoms in total. The van der Waals surface area contributed by atoms with E-state index in [-0.39, 0.29) is 28.4 Å². The summed E-state index contributed by atoms with van der Waals surface area (Å²) in [7, 11) is -7.60. The van der Waals surface area contributed by atoms with Crippen molar-refractivity contribution in [3.8, 4) is 0 Å². The van der Waals surface area contributed by atoms with Crippen LogP contribution in [0.25, 0.3) is 12.2 Å². The molecule has 224 valence electrons. The molecular formula is C35H36O6S2. The van der Waals surface area contributed by atoms with Gasteiger partial charge in [-0.15, -0.1) is 0 Å². The van der Waals surface area contributed by atoms with Gasteiger partial charge in [-0.25, -0.2) is 0 Å². The van der Waals surface area contributed by atoms with Crippen molar-refractivity contribution in [1.29, 1.82) is 0 Å². The molecule has 0 N–H and O–H groups in total. The SMILES string of the molecule is Cc1ccc(S(=O)(=O)OCC=Cc2ccc(C(C)(C)c3ccc(C=CCOS(=O)(=O)c4ccc(C)cc4)cc3)cc2)cc1. The molecule has 43 heavy (non-hydrogen) atoms. The fourth-order valence-corrected chi connectivity index (χ4v) is 6.09. The van der Waals surface area contributed by atoms with Crippen LogP contribution in [0.1, 0.15) is 47.2 Å². The monoisotopic (exact) mass is 616 g/mol. The highest BCUT2D eigenvalue weighted by Crippen LogP contribution is 2.32. The highest BCUT2D eigenvalue weighted by atomic mass is 32.2. The number of aryl methyl sites for hydroxylation is 2. The van der Waals surface area contributed by atoms with E-state index in [2.05, 4.69) is 38.1 Å². The second kappa shape index (κ2) is 13.7. The van der Waals surface area contributed by atoms with E-state index in [1.165, 1.54) is 24.3 Å². The Morgan fingerprint density at radius 3 is 1.19 bits per heavy atom. The Morgan fingerprint density at radius 1 is 0.535 bits per heavy atom. The Kier molecular flexibility index (Phi) is 10.2. The molecule has 0 aliphatic rings. The van der Waals surface area contributed by atoms with E-state index in [4.69, 9.17) is 8.37 Å². The van der Waals surface area contributed by atoms with Crippen LogP contribution in [-0.2, 0) is 34.0 Å². The van der Waals surface area contributed by atoms with Gasteiger partial charge in [-0.1, -0.05) is 122 Å². The zero-order chi connectivity index (χ0) is 31.1. The second-order valence-corrected chi connectivity index (χ2v) is 14.0. The predicted molar refractivity (Wildman–Crippen MR) is 172 cm³/mol. The molecule has 0 amide bonds. The fourth-order valence-electron chi connectivity index (χ4n) is 4.36. The van der Waals surface area contributed by atoms with Crippen molar-refractivity contribution >= 4 is 32.4 Å². The summed E-state index contributed by atoms with van der Waals surface area (Å²) >= 11 is 0.